The average molecular weight is 252 g/mol. The van der Waals surface area contributed by atoms with Gasteiger partial charge in [0.05, 0.1) is 11.2 Å². The zero-order valence-corrected chi connectivity index (χ0v) is 11.8. The normalized spacial score (nSPS) is 26.0. The molecule has 0 radical (unpaired) electrons. The topological polar surface area (TPSA) is 26.3 Å². The first kappa shape index (κ1) is 12.8. The fraction of sp³-hybridized carbons (Fsp3) is 0.643. The zero-order chi connectivity index (χ0) is 12.7. The van der Waals surface area contributed by atoms with Gasteiger partial charge in [0, 0.05) is 12.3 Å². The van der Waals surface area contributed by atoms with Crippen LogP contribution in [-0.4, -0.2) is 17.0 Å². The Balaban J connectivity index is 2.10. The number of carbonyl (C=O) groups excluding carboxylic acids is 1. The van der Waals surface area contributed by atoms with Crippen LogP contribution in [0.4, 0.5) is 0 Å². The van der Waals surface area contributed by atoms with Crippen molar-refractivity contribution in [3.05, 3.63) is 22.4 Å². The summed E-state index contributed by atoms with van der Waals surface area (Å²) < 4.78 is 5.97. The molecule has 1 atom stereocenters. The summed E-state index contributed by atoms with van der Waals surface area (Å²) in [4.78, 5) is 12.3. The van der Waals surface area contributed by atoms with E-state index in [1.165, 1.54) is 0 Å². The first-order valence-corrected chi connectivity index (χ1v) is 6.98. The molecule has 1 aliphatic heterocycles. The van der Waals surface area contributed by atoms with Crippen LogP contribution in [0.15, 0.2) is 16.8 Å². The molecule has 0 N–H and O–H groups in total. The Labute approximate surface area is 107 Å². The van der Waals surface area contributed by atoms with Gasteiger partial charge in [-0.3, -0.25) is 4.79 Å². The number of Topliss-reactive ketones (excluding diaryl/α,β-unsaturated/α-hetero) is 1. The zero-order valence-electron chi connectivity index (χ0n) is 10.9. The molecule has 0 bridgehead atoms. The molecule has 0 spiro atoms. The molecule has 1 unspecified atom stereocenters. The Hall–Kier alpha value is -0.670. The number of hydrogen-bond donors (Lipinski definition) is 0. The van der Waals surface area contributed by atoms with Gasteiger partial charge >= 0.3 is 0 Å². The molecule has 0 aromatic carbocycles. The highest BCUT2D eigenvalue weighted by Gasteiger charge is 2.48. The predicted octanol–water partition coefficient (Wildman–Crippen LogP) is 3.45. The van der Waals surface area contributed by atoms with Crippen molar-refractivity contribution in [1.29, 1.82) is 0 Å². The molecule has 1 aliphatic rings. The number of hydrogen-bond acceptors (Lipinski definition) is 3. The van der Waals surface area contributed by atoms with E-state index in [0.29, 0.717) is 12.2 Å². The van der Waals surface area contributed by atoms with Crippen LogP contribution in [0.1, 0.15) is 39.7 Å². The Kier molecular flexibility index (Phi) is 3.17. The van der Waals surface area contributed by atoms with Gasteiger partial charge in [0.1, 0.15) is 5.78 Å². The summed E-state index contributed by atoms with van der Waals surface area (Å²) in [6.07, 6.45) is 1.36. The van der Waals surface area contributed by atoms with Gasteiger partial charge in [0.15, 0.2) is 0 Å². The molecule has 1 aromatic heterocycles. The second-order valence-corrected chi connectivity index (χ2v) is 6.78. The molecule has 17 heavy (non-hydrogen) atoms. The van der Waals surface area contributed by atoms with Crippen LogP contribution in [0.5, 0.6) is 0 Å². The maximum atomic E-state index is 12.3. The van der Waals surface area contributed by atoms with E-state index >= 15 is 0 Å². The maximum Gasteiger partial charge on any atom is 0.143 e. The van der Waals surface area contributed by atoms with E-state index in [-0.39, 0.29) is 17.1 Å². The molecular weight excluding hydrogens is 232 g/mol. The van der Waals surface area contributed by atoms with Crippen molar-refractivity contribution in [3.8, 4) is 0 Å². The highest BCUT2D eigenvalue weighted by molar-refractivity contribution is 7.07. The van der Waals surface area contributed by atoms with Gasteiger partial charge in [-0.05, 0) is 56.5 Å². The molecule has 0 saturated carbocycles. The van der Waals surface area contributed by atoms with Crippen LogP contribution in [0.3, 0.4) is 0 Å². The SMILES string of the molecule is CC1(C)CC(C(=O)Cc2ccsc2)C(C)(C)O1. The fourth-order valence-electron chi connectivity index (χ4n) is 2.78. The number of rotatable bonds is 3. The first-order chi connectivity index (χ1) is 7.80. The largest absolute Gasteiger partial charge is 0.369 e. The monoisotopic (exact) mass is 252 g/mol. The summed E-state index contributed by atoms with van der Waals surface area (Å²) in [5, 5.41) is 4.06. The summed E-state index contributed by atoms with van der Waals surface area (Å²) in [6, 6.07) is 2.02. The van der Waals surface area contributed by atoms with E-state index in [2.05, 4.69) is 13.8 Å². The van der Waals surface area contributed by atoms with Crippen LogP contribution in [0, 0.1) is 5.92 Å². The van der Waals surface area contributed by atoms with Crippen molar-refractivity contribution in [2.24, 2.45) is 5.92 Å². The van der Waals surface area contributed by atoms with Crippen molar-refractivity contribution in [2.75, 3.05) is 0 Å². The van der Waals surface area contributed by atoms with Crippen LogP contribution in [0.2, 0.25) is 0 Å². The molecule has 1 fully saturated rings. The number of thiophene rings is 1. The third-order valence-corrected chi connectivity index (χ3v) is 4.15. The number of ether oxygens (including phenoxy) is 1. The lowest BCUT2D eigenvalue weighted by molar-refractivity contribution is -0.128. The Morgan fingerprint density at radius 3 is 2.65 bits per heavy atom. The first-order valence-electron chi connectivity index (χ1n) is 6.04. The average Bonchev–Trinajstić information content (AvgIpc) is 2.71. The van der Waals surface area contributed by atoms with Gasteiger partial charge in [-0.25, -0.2) is 0 Å². The lowest BCUT2D eigenvalue weighted by atomic mass is 9.82. The Morgan fingerprint density at radius 1 is 1.47 bits per heavy atom. The second kappa shape index (κ2) is 4.21. The summed E-state index contributed by atoms with van der Waals surface area (Å²) in [6.45, 7) is 8.18. The lowest BCUT2D eigenvalue weighted by Crippen LogP contribution is -2.34. The summed E-state index contributed by atoms with van der Waals surface area (Å²) >= 11 is 1.64. The molecular formula is C14H20O2S. The summed E-state index contributed by atoms with van der Waals surface area (Å²) in [5.41, 5.74) is 0.607. The minimum absolute atomic E-state index is 0.0115. The third kappa shape index (κ3) is 2.78. The quantitative estimate of drug-likeness (QED) is 0.823. The summed E-state index contributed by atoms with van der Waals surface area (Å²) in [7, 11) is 0. The molecule has 1 saturated heterocycles. The van der Waals surface area contributed by atoms with Crippen molar-refractivity contribution < 1.29 is 9.53 Å². The van der Waals surface area contributed by atoms with Gasteiger partial charge in [-0.1, -0.05) is 0 Å². The van der Waals surface area contributed by atoms with E-state index in [4.69, 9.17) is 4.74 Å². The standard InChI is InChI=1S/C14H20O2S/c1-13(2)8-11(14(3,4)16-13)12(15)7-10-5-6-17-9-10/h5-6,9,11H,7-8H2,1-4H3. The van der Waals surface area contributed by atoms with Crippen LogP contribution in [0.25, 0.3) is 0 Å². The third-order valence-electron chi connectivity index (χ3n) is 3.42. The molecule has 94 valence electrons. The van der Waals surface area contributed by atoms with Crippen molar-refractivity contribution in [3.63, 3.8) is 0 Å². The summed E-state index contributed by atoms with van der Waals surface area (Å²) in [5.74, 6) is 0.316. The molecule has 2 rings (SSSR count). The lowest BCUT2D eigenvalue weighted by Gasteiger charge is -2.26. The van der Waals surface area contributed by atoms with Gasteiger partial charge in [-0.2, -0.15) is 11.3 Å². The van der Waals surface area contributed by atoms with E-state index < -0.39 is 0 Å². The van der Waals surface area contributed by atoms with Crippen molar-refractivity contribution in [1.82, 2.24) is 0 Å². The molecule has 2 nitrogen and oxygen atoms in total. The Bertz CT molecular complexity index is 404. The molecule has 3 heteroatoms. The fourth-order valence-corrected chi connectivity index (χ4v) is 3.45. The molecule has 0 amide bonds. The number of carbonyl (C=O) groups is 1. The molecule has 0 aliphatic carbocycles. The van der Waals surface area contributed by atoms with Gasteiger partial charge < -0.3 is 4.74 Å². The van der Waals surface area contributed by atoms with Crippen LogP contribution in [-0.2, 0) is 16.0 Å². The predicted molar refractivity (Wildman–Crippen MR) is 70.4 cm³/mol. The minimum atomic E-state index is -0.337. The van der Waals surface area contributed by atoms with E-state index in [0.717, 1.165) is 12.0 Å². The van der Waals surface area contributed by atoms with Crippen LogP contribution < -0.4 is 0 Å². The van der Waals surface area contributed by atoms with Crippen molar-refractivity contribution >= 4 is 17.1 Å². The smallest absolute Gasteiger partial charge is 0.143 e. The highest BCUT2D eigenvalue weighted by atomic mass is 32.1. The van der Waals surface area contributed by atoms with Gasteiger partial charge in [0.25, 0.3) is 0 Å². The molecule has 2 heterocycles. The molecule has 1 aromatic rings. The van der Waals surface area contributed by atoms with Crippen molar-refractivity contribution in [2.45, 2.75) is 51.7 Å². The maximum absolute atomic E-state index is 12.3. The number of ketones is 1. The van der Waals surface area contributed by atoms with Gasteiger partial charge in [0.2, 0.25) is 0 Å². The Morgan fingerprint density at radius 2 is 2.18 bits per heavy atom. The van der Waals surface area contributed by atoms with Gasteiger partial charge in [-0.15, -0.1) is 0 Å². The minimum Gasteiger partial charge on any atom is -0.369 e. The van der Waals surface area contributed by atoms with E-state index in [1.54, 1.807) is 11.3 Å². The van der Waals surface area contributed by atoms with E-state index in [9.17, 15) is 4.79 Å². The van der Waals surface area contributed by atoms with E-state index in [1.807, 2.05) is 30.7 Å². The highest BCUT2D eigenvalue weighted by Crippen LogP contribution is 2.42. The second-order valence-electron chi connectivity index (χ2n) is 6.00. The van der Waals surface area contributed by atoms with Crippen LogP contribution >= 0.6 is 11.3 Å².